The number of nitrogens with zero attached hydrogens (tertiary/aromatic N) is 4. The molecule has 5 nitrogen and oxygen atoms in total. The molecule has 0 bridgehead atoms. The van der Waals surface area contributed by atoms with E-state index >= 15 is 0 Å². The van der Waals surface area contributed by atoms with Crippen LogP contribution >= 0.6 is 0 Å². The van der Waals surface area contributed by atoms with Gasteiger partial charge in [-0.2, -0.15) is 0 Å². The van der Waals surface area contributed by atoms with Crippen molar-refractivity contribution in [2.24, 2.45) is 0 Å². The number of aromatic nitrogens is 3. The van der Waals surface area contributed by atoms with Crippen LogP contribution < -0.4 is 5.32 Å². The molecule has 1 N–H and O–H groups in total. The van der Waals surface area contributed by atoms with Crippen molar-refractivity contribution in [1.82, 2.24) is 25.2 Å². The number of fused-ring (bicyclic) bond motifs is 1. The number of aryl methyl sites for hydroxylation is 2. The average Bonchev–Trinajstić information content (AvgIpc) is 2.90. The Labute approximate surface area is 208 Å². The van der Waals surface area contributed by atoms with Gasteiger partial charge in [-0.25, -0.2) is 0 Å². The van der Waals surface area contributed by atoms with Gasteiger partial charge in [-0.1, -0.05) is 42.5 Å². The topological polar surface area (TPSA) is 53.9 Å². The van der Waals surface area contributed by atoms with Crippen LogP contribution in [-0.4, -0.2) is 19.9 Å². The Bertz CT molecular complexity index is 1220. The fourth-order valence-corrected chi connectivity index (χ4v) is 4.95. The van der Waals surface area contributed by atoms with Gasteiger partial charge >= 0.3 is 0 Å². The molecule has 0 radical (unpaired) electrons. The van der Waals surface area contributed by atoms with E-state index in [4.69, 9.17) is 9.97 Å². The molecule has 1 aromatic carbocycles. The van der Waals surface area contributed by atoms with E-state index in [0.717, 1.165) is 56.1 Å². The van der Waals surface area contributed by atoms with Gasteiger partial charge in [0.25, 0.3) is 0 Å². The van der Waals surface area contributed by atoms with Crippen LogP contribution in [-0.2, 0) is 32.6 Å². The largest absolute Gasteiger partial charge is 0.307 e. The van der Waals surface area contributed by atoms with E-state index in [2.05, 4.69) is 76.7 Å². The highest BCUT2D eigenvalue weighted by Crippen LogP contribution is 2.34. The highest BCUT2D eigenvalue weighted by molar-refractivity contribution is 5.27. The molecular weight excluding hydrogens is 430 g/mol. The van der Waals surface area contributed by atoms with Gasteiger partial charge in [-0.3, -0.25) is 19.9 Å². The molecular formula is C30H33N5. The number of hydrogen-bond acceptors (Lipinski definition) is 5. The van der Waals surface area contributed by atoms with E-state index in [-0.39, 0.29) is 0 Å². The zero-order chi connectivity index (χ0) is 23.9. The Morgan fingerprint density at radius 1 is 0.800 bits per heavy atom. The van der Waals surface area contributed by atoms with E-state index in [9.17, 15) is 0 Å². The first-order valence-electron chi connectivity index (χ1n) is 12.5. The first-order chi connectivity index (χ1) is 17.2. The standard InChI is InChI=1S/C30H33N5/c1-23-7-4-11-28(34-23)22-35(29-12-5-8-26-9-6-18-33-30(26)29)21-25-15-13-24(14-16-25)19-31-20-27-10-2-3-17-32-27/h2-4,6-7,9-11,13-18,29,31H,5,8,12,19-22H2,1H3. The van der Waals surface area contributed by atoms with Crippen molar-refractivity contribution in [2.75, 3.05) is 0 Å². The van der Waals surface area contributed by atoms with Gasteiger partial charge < -0.3 is 5.32 Å². The van der Waals surface area contributed by atoms with E-state index in [1.165, 1.54) is 28.8 Å². The molecule has 0 aliphatic heterocycles. The number of rotatable bonds is 9. The number of benzene rings is 1. The minimum absolute atomic E-state index is 0.307. The van der Waals surface area contributed by atoms with E-state index in [0.29, 0.717) is 6.04 Å². The Balaban J connectivity index is 1.30. The summed E-state index contributed by atoms with van der Waals surface area (Å²) in [4.78, 5) is 16.6. The van der Waals surface area contributed by atoms with Crippen molar-refractivity contribution in [3.63, 3.8) is 0 Å². The van der Waals surface area contributed by atoms with Gasteiger partial charge in [0.2, 0.25) is 0 Å². The van der Waals surface area contributed by atoms with Gasteiger partial charge in [0.05, 0.1) is 23.1 Å². The third kappa shape index (κ3) is 6.18. The lowest BCUT2D eigenvalue weighted by Gasteiger charge is -2.35. The van der Waals surface area contributed by atoms with Crippen LogP contribution in [0.4, 0.5) is 0 Å². The summed E-state index contributed by atoms with van der Waals surface area (Å²) in [5, 5.41) is 3.49. The fourth-order valence-electron chi connectivity index (χ4n) is 4.95. The van der Waals surface area contributed by atoms with Crippen molar-refractivity contribution >= 4 is 0 Å². The predicted molar refractivity (Wildman–Crippen MR) is 139 cm³/mol. The molecule has 3 heterocycles. The molecule has 1 unspecified atom stereocenters. The Morgan fingerprint density at radius 2 is 1.63 bits per heavy atom. The van der Waals surface area contributed by atoms with Crippen LogP contribution in [0.25, 0.3) is 0 Å². The second kappa shape index (κ2) is 11.3. The van der Waals surface area contributed by atoms with Gasteiger partial charge in [-0.05, 0) is 73.2 Å². The SMILES string of the molecule is Cc1cccc(CN(Cc2ccc(CNCc3ccccn3)cc2)C2CCCc3cccnc32)n1. The molecule has 1 aliphatic carbocycles. The highest BCUT2D eigenvalue weighted by atomic mass is 15.2. The van der Waals surface area contributed by atoms with Crippen molar-refractivity contribution < 1.29 is 0 Å². The summed E-state index contributed by atoms with van der Waals surface area (Å²) in [5.41, 5.74) is 8.46. The van der Waals surface area contributed by atoms with E-state index in [1.54, 1.807) is 0 Å². The van der Waals surface area contributed by atoms with Gasteiger partial charge in [0, 0.05) is 44.3 Å². The van der Waals surface area contributed by atoms with Crippen LogP contribution in [0.5, 0.6) is 0 Å². The van der Waals surface area contributed by atoms with E-state index in [1.807, 2.05) is 30.6 Å². The number of hydrogen-bond donors (Lipinski definition) is 1. The first kappa shape index (κ1) is 23.3. The second-order valence-corrected chi connectivity index (χ2v) is 9.37. The number of pyridine rings is 3. The van der Waals surface area contributed by atoms with Crippen LogP contribution in [0.3, 0.4) is 0 Å². The summed E-state index contributed by atoms with van der Waals surface area (Å²) < 4.78 is 0. The second-order valence-electron chi connectivity index (χ2n) is 9.37. The zero-order valence-electron chi connectivity index (χ0n) is 20.4. The van der Waals surface area contributed by atoms with Gasteiger partial charge in [0.15, 0.2) is 0 Å². The van der Waals surface area contributed by atoms with Crippen LogP contribution in [0.2, 0.25) is 0 Å². The third-order valence-electron chi connectivity index (χ3n) is 6.69. The zero-order valence-corrected chi connectivity index (χ0v) is 20.4. The quantitative estimate of drug-likeness (QED) is 0.353. The summed E-state index contributed by atoms with van der Waals surface area (Å²) in [6.45, 7) is 5.35. The minimum Gasteiger partial charge on any atom is -0.307 e. The molecule has 1 atom stereocenters. The summed E-state index contributed by atoms with van der Waals surface area (Å²) in [6.07, 6.45) is 7.22. The lowest BCUT2D eigenvalue weighted by atomic mass is 9.90. The van der Waals surface area contributed by atoms with Gasteiger partial charge in [0.1, 0.15) is 0 Å². The molecule has 0 spiro atoms. The molecule has 0 fully saturated rings. The normalized spacial score (nSPS) is 15.2. The van der Waals surface area contributed by atoms with Crippen LogP contribution in [0.1, 0.15) is 58.3 Å². The Kier molecular flexibility index (Phi) is 7.56. The predicted octanol–water partition coefficient (Wildman–Crippen LogP) is 5.55. The molecule has 5 heteroatoms. The molecule has 178 valence electrons. The summed E-state index contributed by atoms with van der Waals surface area (Å²) in [6, 6.07) is 25.9. The molecule has 0 saturated carbocycles. The Hall–Kier alpha value is -3.41. The van der Waals surface area contributed by atoms with E-state index < -0.39 is 0 Å². The molecule has 1 aliphatic rings. The average molecular weight is 464 g/mol. The van der Waals surface area contributed by atoms with Crippen molar-refractivity contribution in [1.29, 1.82) is 0 Å². The molecule has 5 rings (SSSR count). The minimum atomic E-state index is 0.307. The fraction of sp³-hybridized carbons (Fsp3) is 0.300. The van der Waals surface area contributed by atoms with Gasteiger partial charge in [-0.15, -0.1) is 0 Å². The van der Waals surface area contributed by atoms with Crippen molar-refractivity contribution in [3.05, 3.63) is 125 Å². The molecule has 3 aromatic heterocycles. The summed E-state index contributed by atoms with van der Waals surface area (Å²) in [7, 11) is 0. The molecule has 0 amide bonds. The third-order valence-corrected chi connectivity index (χ3v) is 6.69. The molecule has 35 heavy (non-hydrogen) atoms. The highest BCUT2D eigenvalue weighted by Gasteiger charge is 2.27. The maximum atomic E-state index is 4.82. The summed E-state index contributed by atoms with van der Waals surface area (Å²) >= 11 is 0. The smallest absolute Gasteiger partial charge is 0.0607 e. The van der Waals surface area contributed by atoms with Crippen LogP contribution in [0.15, 0.2) is 85.2 Å². The van der Waals surface area contributed by atoms with Crippen molar-refractivity contribution in [2.45, 2.75) is 58.4 Å². The van der Waals surface area contributed by atoms with Crippen LogP contribution in [0, 0.1) is 6.92 Å². The Morgan fingerprint density at radius 3 is 2.46 bits per heavy atom. The summed E-state index contributed by atoms with van der Waals surface area (Å²) in [5.74, 6) is 0. The number of nitrogens with one attached hydrogen (secondary N) is 1. The lowest BCUT2D eigenvalue weighted by molar-refractivity contribution is 0.155. The lowest BCUT2D eigenvalue weighted by Crippen LogP contribution is -2.31. The maximum absolute atomic E-state index is 4.82. The van der Waals surface area contributed by atoms with Crippen molar-refractivity contribution in [3.8, 4) is 0 Å². The monoisotopic (exact) mass is 463 g/mol. The first-order valence-corrected chi connectivity index (χ1v) is 12.5. The maximum Gasteiger partial charge on any atom is 0.0607 e. The molecule has 0 saturated heterocycles. The molecule has 4 aromatic rings.